The largest absolute Gasteiger partial charge is 0.379 e. The van der Waals surface area contributed by atoms with Crippen molar-refractivity contribution in [2.75, 3.05) is 13.2 Å². The monoisotopic (exact) mass is 278 g/mol. The zero-order valence-electron chi connectivity index (χ0n) is 9.60. The van der Waals surface area contributed by atoms with Crippen molar-refractivity contribution in [3.05, 3.63) is 12.0 Å². The van der Waals surface area contributed by atoms with E-state index in [9.17, 15) is 8.42 Å². The average molecular weight is 279 g/mol. The standard InChI is InChI=1S/C10H15ClN2O3S/c1-2-9-12-10(17(11,14)15)6-13(9)8-4-3-5-16-7-8/h6,8H,2-5,7H2,1H3. The summed E-state index contributed by atoms with van der Waals surface area (Å²) >= 11 is 0. The molecule has 0 spiro atoms. The van der Waals surface area contributed by atoms with Gasteiger partial charge in [-0.1, -0.05) is 6.92 Å². The average Bonchev–Trinajstić information content (AvgIpc) is 2.73. The van der Waals surface area contributed by atoms with Crippen molar-refractivity contribution >= 4 is 19.7 Å². The van der Waals surface area contributed by atoms with Crippen LogP contribution in [0.25, 0.3) is 0 Å². The fourth-order valence-corrected chi connectivity index (χ4v) is 2.72. The number of aryl methyl sites for hydroxylation is 1. The molecule has 17 heavy (non-hydrogen) atoms. The highest BCUT2D eigenvalue weighted by Gasteiger charge is 2.23. The fraction of sp³-hybridized carbons (Fsp3) is 0.700. The van der Waals surface area contributed by atoms with E-state index in [1.807, 2.05) is 11.5 Å². The van der Waals surface area contributed by atoms with E-state index < -0.39 is 9.05 Å². The highest BCUT2D eigenvalue weighted by molar-refractivity contribution is 8.13. The third-order valence-corrected chi connectivity index (χ3v) is 4.05. The first-order chi connectivity index (χ1) is 8.02. The van der Waals surface area contributed by atoms with Crippen LogP contribution in [0.15, 0.2) is 11.2 Å². The molecule has 1 fully saturated rings. The molecule has 0 radical (unpaired) electrons. The van der Waals surface area contributed by atoms with Gasteiger partial charge in [-0.3, -0.25) is 0 Å². The number of nitrogens with zero attached hydrogens (tertiary/aromatic N) is 2. The van der Waals surface area contributed by atoms with E-state index in [4.69, 9.17) is 15.4 Å². The van der Waals surface area contributed by atoms with Crippen LogP contribution in [-0.2, 0) is 20.2 Å². The van der Waals surface area contributed by atoms with E-state index in [1.165, 1.54) is 6.20 Å². The Balaban J connectivity index is 2.35. The van der Waals surface area contributed by atoms with Gasteiger partial charge in [0.05, 0.1) is 12.6 Å². The number of hydrogen-bond acceptors (Lipinski definition) is 4. The summed E-state index contributed by atoms with van der Waals surface area (Å²) in [7, 11) is 1.55. The third kappa shape index (κ3) is 2.81. The molecule has 1 aromatic rings. The first-order valence-corrected chi connectivity index (χ1v) is 7.93. The lowest BCUT2D eigenvalue weighted by molar-refractivity contribution is 0.0582. The summed E-state index contributed by atoms with van der Waals surface area (Å²) in [6.45, 7) is 3.31. The lowest BCUT2D eigenvalue weighted by Gasteiger charge is -2.24. The Morgan fingerprint density at radius 3 is 2.94 bits per heavy atom. The van der Waals surface area contributed by atoms with E-state index in [0.29, 0.717) is 13.0 Å². The maximum Gasteiger partial charge on any atom is 0.280 e. The van der Waals surface area contributed by atoms with E-state index in [2.05, 4.69) is 4.98 Å². The van der Waals surface area contributed by atoms with Crippen LogP contribution in [0.5, 0.6) is 0 Å². The predicted molar refractivity (Wildman–Crippen MR) is 63.7 cm³/mol. The normalized spacial score (nSPS) is 21.6. The van der Waals surface area contributed by atoms with E-state index >= 15 is 0 Å². The van der Waals surface area contributed by atoms with Crippen LogP contribution < -0.4 is 0 Å². The van der Waals surface area contributed by atoms with Gasteiger partial charge < -0.3 is 9.30 Å². The quantitative estimate of drug-likeness (QED) is 0.790. The van der Waals surface area contributed by atoms with Gasteiger partial charge >= 0.3 is 0 Å². The molecule has 1 aliphatic rings. The smallest absolute Gasteiger partial charge is 0.280 e. The van der Waals surface area contributed by atoms with Gasteiger partial charge in [0.25, 0.3) is 9.05 Å². The topological polar surface area (TPSA) is 61.2 Å². The van der Waals surface area contributed by atoms with Crippen LogP contribution in [0, 0.1) is 0 Å². The summed E-state index contributed by atoms with van der Waals surface area (Å²) in [6.07, 6.45) is 4.14. The number of ether oxygens (including phenoxy) is 1. The van der Waals surface area contributed by atoms with E-state index in [0.717, 1.165) is 25.3 Å². The second-order valence-electron chi connectivity index (χ2n) is 4.07. The summed E-state index contributed by atoms with van der Waals surface area (Å²) in [6, 6.07) is 0.165. The van der Waals surface area contributed by atoms with Crippen LogP contribution in [0.1, 0.15) is 31.6 Å². The molecule has 5 nitrogen and oxygen atoms in total. The summed E-state index contributed by atoms with van der Waals surface area (Å²) in [5.41, 5.74) is 0. The van der Waals surface area contributed by atoms with Gasteiger partial charge in [-0.2, -0.15) is 0 Å². The van der Waals surface area contributed by atoms with Crippen molar-refractivity contribution in [3.63, 3.8) is 0 Å². The maximum absolute atomic E-state index is 11.3. The van der Waals surface area contributed by atoms with Gasteiger partial charge in [0, 0.05) is 29.9 Å². The van der Waals surface area contributed by atoms with E-state index in [1.54, 1.807) is 0 Å². The van der Waals surface area contributed by atoms with Crippen LogP contribution in [-0.4, -0.2) is 31.2 Å². The molecule has 1 aromatic heterocycles. The molecule has 96 valence electrons. The van der Waals surface area contributed by atoms with Crippen LogP contribution in [0.3, 0.4) is 0 Å². The molecule has 7 heteroatoms. The number of hydrogen-bond donors (Lipinski definition) is 0. The Bertz CT molecular complexity index is 492. The van der Waals surface area contributed by atoms with Gasteiger partial charge in [-0.05, 0) is 12.8 Å². The highest BCUT2D eigenvalue weighted by atomic mass is 35.7. The van der Waals surface area contributed by atoms with Gasteiger partial charge in [0.1, 0.15) is 5.82 Å². The number of halogens is 1. The molecule has 1 atom stereocenters. The van der Waals surface area contributed by atoms with Crippen molar-refractivity contribution in [2.45, 2.75) is 37.3 Å². The molecular formula is C10H15ClN2O3S. The van der Waals surface area contributed by atoms with Gasteiger partial charge in [0.15, 0.2) is 5.03 Å². The minimum absolute atomic E-state index is 0.0680. The Kier molecular flexibility index (Phi) is 3.75. The molecular weight excluding hydrogens is 264 g/mol. The Labute approximate surface area is 105 Å². The molecule has 0 aromatic carbocycles. The zero-order valence-corrected chi connectivity index (χ0v) is 11.2. The van der Waals surface area contributed by atoms with Crippen LogP contribution >= 0.6 is 10.7 Å². The zero-order chi connectivity index (χ0) is 12.5. The molecule has 1 saturated heterocycles. The lowest BCUT2D eigenvalue weighted by Crippen LogP contribution is -2.22. The molecule has 2 heterocycles. The van der Waals surface area contributed by atoms with Gasteiger partial charge in [-0.15, -0.1) is 0 Å². The summed E-state index contributed by atoms with van der Waals surface area (Å²) in [5.74, 6) is 0.736. The second kappa shape index (κ2) is 4.96. The molecule has 0 bridgehead atoms. The number of imidazole rings is 1. The Hall–Kier alpha value is -0.590. The van der Waals surface area contributed by atoms with Crippen molar-refractivity contribution < 1.29 is 13.2 Å². The van der Waals surface area contributed by atoms with Crippen LogP contribution in [0.4, 0.5) is 0 Å². The maximum atomic E-state index is 11.3. The predicted octanol–water partition coefficient (Wildman–Crippen LogP) is 1.72. The second-order valence-corrected chi connectivity index (χ2v) is 6.58. The molecule has 0 N–H and O–H groups in total. The van der Waals surface area contributed by atoms with E-state index in [-0.39, 0.29) is 11.1 Å². The Morgan fingerprint density at radius 1 is 1.65 bits per heavy atom. The molecule has 0 amide bonds. The minimum Gasteiger partial charge on any atom is -0.379 e. The SMILES string of the molecule is CCc1nc(S(=O)(=O)Cl)cn1C1CCCOC1. The van der Waals surface area contributed by atoms with Gasteiger partial charge in [-0.25, -0.2) is 13.4 Å². The Morgan fingerprint density at radius 2 is 2.41 bits per heavy atom. The van der Waals surface area contributed by atoms with Crippen molar-refractivity contribution in [1.82, 2.24) is 9.55 Å². The summed E-state index contributed by atoms with van der Waals surface area (Å²) in [5, 5.41) is -0.0680. The first kappa shape index (κ1) is 12.9. The van der Waals surface area contributed by atoms with Crippen molar-refractivity contribution in [3.8, 4) is 0 Å². The fourth-order valence-electron chi connectivity index (χ4n) is 2.05. The number of rotatable bonds is 3. The molecule has 0 aliphatic carbocycles. The molecule has 2 rings (SSSR count). The third-order valence-electron chi connectivity index (χ3n) is 2.88. The first-order valence-electron chi connectivity index (χ1n) is 5.62. The summed E-state index contributed by atoms with van der Waals surface area (Å²) in [4.78, 5) is 4.06. The highest BCUT2D eigenvalue weighted by Crippen LogP contribution is 2.24. The lowest BCUT2D eigenvalue weighted by atomic mass is 10.1. The van der Waals surface area contributed by atoms with Crippen LogP contribution in [0.2, 0.25) is 0 Å². The van der Waals surface area contributed by atoms with Gasteiger partial charge in [0.2, 0.25) is 0 Å². The molecule has 1 aliphatic heterocycles. The molecule has 1 unspecified atom stereocenters. The molecule has 0 saturated carbocycles. The number of aromatic nitrogens is 2. The minimum atomic E-state index is -3.75. The van der Waals surface area contributed by atoms with Crippen molar-refractivity contribution in [2.24, 2.45) is 0 Å². The summed E-state index contributed by atoms with van der Waals surface area (Å²) < 4.78 is 29.8. The van der Waals surface area contributed by atoms with Crippen molar-refractivity contribution in [1.29, 1.82) is 0 Å².